The van der Waals surface area contributed by atoms with Crippen LogP contribution >= 0.6 is 0 Å². The Morgan fingerprint density at radius 3 is 2.38 bits per heavy atom. The van der Waals surface area contributed by atoms with Crippen molar-refractivity contribution in [2.45, 2.75) is 0 Å². The fourth-order valence-corrected chi connectivity index (χ4v) is 2.45. The first-order valence-corrected chi connectivity index (χ1v) is 7.48. The Morgan fingerprint density at radius 1 is 0.833 bits per heavy atom. The molecule has 5 nitrogen and oxygen atoms in total. The molecule has 0 saturated heterocycles. The van der Waals surface area contributed by atoms with Gasteiger partial charge < -0.3 is 20.1 Å². The normalized spacial score (nSPS) is 10.2. The molecule has 0 atom stereocenters. The van der Waals surface area contributed by atoms with Gasteiger partial charge in [0.25, 0.3) is 0 Å². The highest BCUT2D eigenvalue weighted by atomic mass is 16.5. The fraction of sp³-hybridized carbons (Fsp3) is 0.105. The van der Waals surface area contributed by atoms with Gasteiger partial charge in [0.2, 0.25) is 0 Å². The van der Waals surface area contributed by atoms with E-state index < -0.39 is 0 Å². The summed E-state index contributed by atoms with van der Waals surface area (Å²) in [7, 11) is 3.12. The highest BCUT2D eigenvalue weighted by Crippen LogP contribution is 2.29. The van der Waals surface area contributed by atoms with E-state index in [0.717, 1.165) is 16.5 Å². The minimum absolute atomic E-state index is 0.339. The molecule has 0 unspecified atom stereocenters. The summed E-state index contributed by atoms with van der Waals surface area (Å²) in [6.45, 7) is 0. The molecule has 3 rings (SSSR count). The van der Waals surface area contributed by atoms with E-state index in [0.29, 0.717) is 17.2 Å². The van der Waals surface area contributed by atoms with Crippen molar-refractivity contribution in [3.05, 3.63) is 60.7 Å². The molecular weight excluding hydrogens is 304 g/mol. The van der Waals surface area contributed by atoms with Crippen LogP contribution in [0.1, 0.15) is 0 Å². The average molecular weight is 322 g/mol. The second-order valence-corrected chi connectivity index (χ2v) is 5.21. The molecule has 24 heavy (non-hydrogen) atoms. The maximum Gasteiger partial charge on any atom is 0.323 e. The van der Waals surface area contributed by atoms with Crippen molar-refractivity contribution in [2.24, 2.45) is 0 Å². The minimum atomic E-state index is -0.339. The van der Waals surface area contributed by atoms with Crippen LogP contribution in [0.5, 0.6) is 11.5 Å². The molecule has 3 aromatic rings. The third-order valence-electron chi connectivity index (χ3n) is 3.66. The van der Waals surface area contributed by atoms with Crippen LogP contribution in [0.15, 0.2) is 60.7 Å². The number of amides is 2. The zero-order chi connectivity index (χ0) is 16.9. The molecule has 3 aromatic carbocycles. The van der Waals surface area contributed by atoms with Gasteiger partial charge in [0, 0.05) is 11.8 Å². The maximum atomic E-state index is 12.2. The largest absolute Gasteiger partial charge is 0.497 e. The number of benzene rings is 3. The summed E-state index contributed by atoms with van der Waals surface area (Å²) < 4.78 is 10.4. The smallest absolute Gasteiger partial charge is 0.323 e. The van der Waals surface area contributed by atoms with E-state index in [2.05, 4.69) is 10.6 Å². The van der Waals surface area contributed by atoms with Gasteiger partial charge in [-0.05, 0) is 35.0 Å². The number of carbonyl (C=O) groups is 1. The van der Waals surface area contributed by atoms with Crippen molar-refractivity contribution >= 4 is 28.2 Å². The van der Waals surface area contributed by atoms with Gasteiger partial charge in [-0.25, -0.2) is 4.79 Å². The standard InChI is InChI=1S/C19H18N2O3/c1-23-16-9-10-17(18(12-16)24-2)21-19(22)20-15-8-7-13-5-3-4-6-14(13)11-15/h3-12H,1-2H3,(H2,20,21,22). The zero-order valence-electron chi connectivity index (χ0n) is 13.5. The Morgan fingerprint density at radius 2 is 1.62 bits per heavy atom. The molecule has 2 N–H and O–H groups in total. The second-order valence-electron chi connectivity index (χ2n) is 5.21. The number of methoxy groups -OCH3 is 2. The Hall–Kier alpha value is -3.21. The maximum absolute atomic E-state index is 12.2. The van der Waals surface area contributed by atoms with Crippen molar-refractivity contribution in [1.29, 1.82) is 0 Å². The molecular formula is C19H18N2O3. The molecule has 122 valence electrons. The van der Waals surface area contributed by atoms with Crippen molar-refractivity contribution in [2.75, 3.05) is 24.9 Å². The van der Waals surface area contributed by atoms with Crippen molar-refractivity contribution in [3.63, 3.8) is 0 Å². The molecule has 0 aliphatic rings. The lowest BCUT2D eigenvalue weighted by Gasteiger charge is -2.12. The van der Waals surface area contributed by atoms with Gasteiger partial charge in [0.1, 0.15) is 11.5 Å². The number of fused-ring (bicyclic) bond motifs is 1. The van der Waals surface area contributed by atoms with E-state index in [9.17, 15) is 4.79 Å². The highest BCUT2D eigenvalue weighted by Gasteiger charge is 2.09. The molecule has 0 aromatic heterocycles. The van der Waals surface area contributed by atoms with Crippen LogP contribution in [-0.2, 0) is 0 Å². The first-order valence-electron chi connectivity index (χ1n) is 7.48. The first-order chi connectivity index (χ1) is 11.7. The third kappa shape index (κ3) is 3.41. The fourth-order valence-electron chi connectivity index (χ4n) is 2.45. The number of hydrogen-bond donors (Lipinski definition) is 2. The number of hydrogen-bond acceptors (Lipinski definition) is 3. The van der Waals surface area contributed by atoms with Crippen molar-refractivity contribution in [3.8, 4) is 11.5 Å². The van der Waals surface area contributed by atoms with Crippen LogP contribution in [0.3, 0.4) is 0 Å². The third-order valence-corrected chi connectivity index (χ3v) is 3.66. The summed E-state index contributed by atoms with van der Waals surface area (Å²) >= 11 is 0. The zero-order valence-corrected chi connectivity index (χ0v) is 13.5. The molecule has 0 heterocycles. The lowest BCUT2D eigenvalue weighted by Crippen LogP contribution is -2.19. The minimum Gasteiger partial charge on any atom is -0.497 e. The van der Waals surface area contributed by atoms with Crippen LogP contribution in [-0.4, -0.2) is 20.3 Å². The van der Waals surface area contributed by atoms with Gasteiger partial charge in [-0.3, -0.25) is 0 Å². The van der Waals surface area contributed by atoms with E-state index in [1.807, 2.05) is 42.5 Å². The molecule has 0 aliphatic heterocycles. The number of urea groups is 1. The molecule has 0 spiro atoms. The van der Waals surface area contributed by atoms with Crippen LogP contribution in [0.2, 0.25) is 0 Å². The topological polar surface area (TPSA) is 59.6 Å². The SMILES string of the molecule is COc1ccc(NC(=O)Nc2ccc3ccccc3c2)c(OC)c1. The lowest BCUT2D eigenvalue weighted by atomic mass is 10.1. The molecule has 0 radical (unpaired) electrons. The number of nitrogens with one attached hydrogen (secondary N) is 2. The molecule has 0 aliphatic carbocycles. The second kappa shape index (κ2) is 6.91. The van der Waals surface area contributed by atoms with Gasteiger partial charge in [0.05, 0.1) is 19.9 Å². The van der Waals surface area contributed by atoms with E-state index in [1.165, 1.54) is 0 Å². The van der Waals surface area contributed by atoms with E-state index in [4.69, 9.17) is 9.47 Å². The summed E-state index contributed by atoms with van der Waals surface area (Å²) in [6.07, 6.45) is 0. The van der Waals surface area contributed by atoms with Gasteiger partial charge in [-0.15, -0.1) is 0 Å². The molecule has 5 heteroatoms. The lowest BCUT2D eigenvalue weighted by molar-refractivity contribution is 0.262. The number of anilines is 2. The summed E-state index contributed by atoms with van der Waals surface area (Å²) in [4.78, 5) is 12.2. The first kappa shape index (κ1) is 15.7. The van der Waals surface area contributed by atoms with Crippen LogP contribution < -0.4 is 20.1 Å². The van der Waals surface area contributed by atoms with Crippen molar-refractivity contribution < 1.29 is 14.3 Å². The quantitative estimate of drug-likeness (QED) is 0.743. The van der Waals surface area contributed by atoms with Gasteiger partial charge >= 0.3 is 6.03 Å². The molecule has 0 saturated carbocycles. The summed E-state index contributed by atoms with van der Waals surface area (Å²) in [6, 6.07) is 18.6. The number of carbonyl (C=O) groups excluding carboxylic acids is 1. The van der Waals surface area contributed by atoms with Gasteiger partial charge in [-0.2, -0.15) is 0 Å². The number of ether oxygens (including phenoxy) is 2. The predicted molar refractivity (Wildman–Crippen MR) is 96.1 cm³/mol. The number of rotatable bonds is 4. The van der Waals surface area contributed by atoms with E-state index in [1.54, 1.807) is 32.4 Å². The summed E-state index contributed by atoms with van der Waals surface area (Å²) in [5.41, 5.74) is 1.29. The Kier molecular flexibility index (Phi) is 4.52. The Labute approximate surface area is 140 Å². The predicted octanol–water partition coefficient (Wildman–Crippen LogP) is 4.50. The van der Waals surface area contributed by atoms with E-state index >= 15 is 0 Å². The van der Waals surface area contributed by atoms with Crippen LogP contribution in [0.25, 0.3) is 10.8 Å². The average Bonchev–Trinajstić information content (AvgIpc) is 2.62. The highest BCUT2D eigenvalue weighted by molar-refractivity contribution is 6.02. The van der Waals surface area contributed by atoms with E-state index in [-0.39, 0.29) is 6.03 Å². The molecule has 0 bridgehead atoms. The van der Waals surface area contributed by atoms with Gasteiger partial charge in [-0.1, -0.05) is 30.3 Å². The summed E-state index contributed by atoms with van der Waals surface area (Å²) in [5, 5.41) is 7.80. The molecule has 0 fully saturated rings. The monoisotopic (exact) mass is 322 g/mol. The van der Waals surface area contributed by atoms with Gasteiger partial charge in [0.15, 0.2) is 0 Å². The van der Waals surface area contributed by atoms with Crippen molar-refractivity contribution in [1.82, 2.24) is 0 Å². The van der Waals surface area contributed by atoms with Crippen LogP contribution in [0, 0.1) is 0 Å². The van der Waals surface area contributed by atoms with Crippen LogP contribution in [0.4, 0.5) is 16.2 Å². The Bertz CT molecular complexity index is 877. The molecule has 2 amide bonds. The Balaban J connectivity index is 1.75. The summed E-state index contributed by atoms with van der Waals surface area (Å²) in [5.74, 6) is 1.19.